The number of thiophene rings is 1. The highest BCUT2D eigenvalue weighted by Crippen LogP contribution is 2.32. The number of nitrogens with one attached hydrogen (secondary N) is 1. The molecule has 4 N–H and O–H groups in total. The number of para-hydroxylation sites is 1. The van der Waals surface area contributed by atoms with Gasteiger partial charge in [0.05, 0.1) is 4.88 Å². The van der Waals surface area contributed by atoms with Crippen molar-refractivity contribution in [2.45, 2.75) is 10.6 Å². The number of hydrogen-bond donors (Lipinski definition) is 3. The number of phenols is 1. The molecule has 6 heteroatoms. The van der Waals surface area contributed by atoms with E-state index >= 15 is 0 Å². The molecule has 0 unspecified atom stereocenters. The molecule has 0 aliphatic heterocycles. The quantitative estimate of drug-likeness (QED) is 0.348. The van der Waals surface area contributed by atoms with Crippen LogP contribution < -0.4 is 11.3 Å². The summed E-state index contributed by atoms with van der Waals surface area (Å²) < 4.78 is 0. The van der Waals surface area contributed by atoms with Gasteiger partial charge in [-0.3, -0.25) is 10.2 Å². The van der Waals surface area contributed by atoms with Crippen LogP contribution >= 0.6 is 23.1 Å². The van der Waals surface area contributed by atoms with E-state index in [1.54, 1.807) is 12.1 Å². The topological polar surface area (TPSA) is 75.3 Å². The van der Waals surface area contributed by atoms with Gasteiger partial charge in [-0.1, -0.05) is 12.1 Å². The Morgan fingerprint density at radius 1 is 1.39 bits per heavy atom. The second-order valence-corrected chi connectivity index (χ2v) is 5.44. The Balaban J connectivity index is 2.09. The first-order chi connectivity index (χ1) is 8.72. The second-order valence-electron chi connectivity index (χ2n) is 3.50. The molecule has 0 saturated heterocycles. The van der Waals surface area contributed by atoms with E-state index in [-0.39, 0.29) is 11.7 Å². The monoisotopic (exact) mass is 280 g/mol. The van der Waals surface area contributed by atoms with Crippen molar-refractivity contribution in [1.82, 2.24) is 5.43 Å². The summed E-state index contributed by atoms with van der Waals surface area (Å²) in [5.41, 5.74) is 3.04. The maximum atomic E-state index is 11.5. The van der Waals surface area contributed by atoms with E-state index in [2.05, 4.69) is 5.43 Å². The lowest BCUT2D eigenvalue weighted by molar-refractivity contribution is 0.0957. The Morgan fingerprint density at radius 2 is 2.17 bits per heavy atom. The summed E-state index contributed by atoms with van der Waals surface area (Å²) in [6.45, 7) is 0. The van der Waals surface area contributed by atoms with Gasteiger partial charge in [-0.2, -0.15) is 0 Å². The number of thioether (sulfide) groups is 1. The lowest BCUT2D eigenvalue weighted by atomic mass is 10.3. The summed E-state index contributed by atoms with van der Waals surface area (Å²) in [6.07, 6.45) is 0. The predicted octanol–water partition coefficient (Wildman–Crippen LogP) is 2.35. The highest BCUT2D eigenvalue weighted by Gasteiger charge is 2.12. The Kier molecular flexibility index (Phi) is 4.24. The summed E-state index contributed by atoms with van der Waals surface area (Å²) in [7, 11) is 0. The molecule has 2 rings (SSSR count). The van der Waals surface area contributed by atoms with Crippen molar-refractivity contribution in [2.75, 3.05) is 0 Å². The van der Waals surface area contributed by atoms with Gasteiger partial charge in [-0.05, 0) is 29.1 Å². The van der Waals surface area contributed by atoms with E-state index in [0.29, 0.717) is 10.6 Å². The number of amides is 1. The van der Waals surface area contributed by atoms with Gasteiger partial charge in [-0.15, -0.1) is 23.1 Å². The maximum Gasteiger partial charge on any atom is 0.275 e. The van der Waals surface area contributed by atoms with Crippen molar-refractivity contribution >= 4 is 29.0 Å². The average Bonchev–Trinajstić information content (AvgIpc) is 2.85. The summed E-state index contributed by atoms with van der Waals surface area (Å²) in [5, 5.41) is 11.5. The van der Waals surface area contributed by atoms with Crippen molar-refractivity contribution < 1.29 is 9.90 Å². The molecule has 4 nitrogen and oxygen atoms in total. The van der Waals surface area contributed by atoms with Gasteiger partial charge in [0.25, 0.3) is 5.91 Å². The minimum Gasteiger partial charge on any atom is -0.507 e. The van der Waals surface area contributed by atoms with Crippen LogP contribution in [0.25, 0.3) is 0 Å². The molecule has 0 radical (unpaired) electrons. The Bertz CT molecular complexity index is 555. The number of benzene rings is 1. The van der Waals surface area contributed by atoms with E-state index in [1.807, 2.05) is 23.6 Å². The number of phenolic OH excluding ortho intramolecular Hbond substituents is 1. The summed E-state index contributed by atoms with van der Waals surface area (Å²) in [4.78, 5) is 12.9. The number of hydrogen-bond acceptors (Lipinski definition) is 5. The summed E-state index contributed by atoms with van der Waals surface area (Å²) in [5.74, 6) is 5.71. The first-order valence-corrected chi connectivity index (χ1v) is 7.07. The average molecular weight is 280 g/mol. The van der Waals surface area contributed by atoms with Crippen LogP contribution in [0.5, 0.6) is 5.75 Å². The third-order valence-corrected chi connectivity index (χ3v) is 4.40. The van der Waals surface area contributed by atoms with Crippen molar-refractivity contribution in [3.05, 3.63) is 46.2 Å². The highest BCUT2D eigenvalue weighted by atomic mass is 32.2. The normalized spacial score (nSPS) is 10.3. The molecule has 0 aliphatic rings. The molecule has 2 aromatic rings. The fraction of sp³-hybridized carbons (Fsp3) is 0.0833. The van der Waals surface area contributed by atoms with E-state index in [9.17, 15) is 9.90 Å². The zero-order valence-electron chi connectivity index (χ0n) is 9.42. The van der Waals surface area contributed by atoms with Crippen LogP contribution in [-0.2, 0) is 5.75 Å². The molecule has 0 aliphatic carbocycles. The number of carbonyl (C=O) groups is 1. The van der Waals surface area contributed by atoms with Gasteiger partial charge in [0.2, 0.25) is 0 Å². The predicted molar refractivity (Wildman–Crippen MR) is 73.6 cm³/mol. The van der Waals surface area contributed by atoms with Crippen molar-refractivity contribution in [3.63, 3.8) is 0 Å². The largest absolute Gasteiger partial charge is 0.507 e. The summed E-state index contributed by atoms with van der Waals surface area (Å²) >= 11 is 2.84. The van der Waals surface area contributed by atoms with E-state index in [0.717, 1.165) is 10.5 Å². The number of carbonyl (C=O) groups excluding carboxylic acids is 1. The van der Waals surface area contributed by atoms with Gasteiger partial charge in [0.15, 0.2) is 0 Å². The van der Waals surface area contributed by atoms with Crippen LogP contribution in [-0.4, -0.2) is 11.0 Å². The van der Waals surface area contributed by atoms with Crippen LogP contribution in [0.4, 0.5) is 0 Å². The van der Waals surface area contributed by atoms with Crippen molar-refractivity contribution in [1.29, 1.82) is 0 Å². The SMILES string of the molecule is NNC(=O)c1sccc1CSc1ccccc1O. The van der Waals surface area contributed by atoms with Crippen LogP contribution in [0.1, 0.15) is 15.2 Å². The maximum absolute atomic E-state index is 11.5. The fourth-order valence-corrected chi connectivity index (χ4v) is 3.31. The lowest BCUT2D eigenvalue weighted by Gasteiger charge is -2.04. The van der Waals surface area contributed by atoms with E-state index in [1.165, 1.54) is 23.1 Å². The first-order valence-electron chi connectivity index (χ1n) is 5.20. The van der Waals surface area contributed by atoms with Gasteiger partial charge < -0.3 is 5.11 Å². The van der Waals surface area contributed by atoms with Gasteiger partial charge in [-0.25, -0.2) is 5.84 Å². The minimum atomic E-state index is -0.280. The number of nitrogens with two attached hydrogens (primary N) is 1. The number of aromatic hydroxyl groups is 1. The third kappa shape index (κ3) is 2.84. The fourth-order valence-electron chi connectivity index (χ4n) is 1.45. The zero-order chi connectivity index (χ0) is 13.0. The molecule has 18 heavy (non-hydrogen) atoms. The van der Waals surface area contributed by atoms with Crippen LogP contribution in [0.3, 0.4) is 0 Å². The second kappa shape index (κ2) is 5.90. The zero-order valence-corrected chi connectivity index (χ0v) is 11.1. The Hall–Kier alpha value is -1.50. The Morgan fingerprint density at radius 3 is 2.89 bits per heavy atom. The lowest BCUT2D eigenvalue weighted by Crippen LogP contribution is -2.29. The number of hydrazine groups is 1. The van der Waals surface area contributed by atoms with E-state index in [4.69, 9.17) is 5.84 Å². The first kappa shape index (κ1) is 12.9. The molecule has 0 saturated carbocycles. The van der Waals surface area contributed by atoms with Crippen molar-refractivity contribution in [2.24, 2.45) is 5.84 Å². The van der Waals surface area contributed by atoms with Crippen LogP contribution in [0.15, 0.2) is 40.6 Å². The third-order valence-electron chi connectivity index (χ3n) is 2.33. The molecule has 0 bridgehead atoms. The molecule has 1 aromatic carbocycles. The van der Waals surface area contributed by atoms with Gasteiger partial charge >= 0.3 is 0 Å². The minimum absolute atomic E-state index is 0.252. The number of nitrogen functional groups attached to an aromatic ring is 1. The molecule has 1 amide bonds. The van der Waals surface area contributed by atoms with E-state index < -0.39 is 0 Å². The molecular formula is C12H12N2O2S2. The summed E-state index contributed by atoms with van der Waals surface area (Å²) in [6, 6.07) is 9.02. The Labute approximate surface area is 113 Å². The molecule has 1 aromatic heterocycles. The van der Waals surface area contributed by atoms with Gasteiger partial charge in [0.1, 0.15) is 5.75 Å². The molecule has 0 fully saturated rings. The molecular weight excluding hydrogens is 268 g/mol. The highest BCUT2D eigenvalue weighted by molar-refractivity contribution is 7.98. The van der Waals surface area contributed by atoms with Crippen LogP contribution in [0, 0.1) is 0 Å². The molecule has 0 spiro atoms. The smallest absolute Gasteiger partial charge is 0.275 e. The van der Waals surface area contributed by atoms with Crippen LogP contribution in [0.2, 0.25) is 0 Å². The molecule has 1 heterocycles. The van der Waals surface area contributed by atoms with Gasteiger partial charge in [0, 0.05) is 10.6 Å². The van der Waals surface area contributed by atoms with Crippen molar-refractivity contribution in [3.8, 4) is 5.75 Å². The standard InChI is InChI=1S/C12H12N2O2S2/c13-14-12(16)11-8(5-6-17-11)7-18-10-4-2-1-3-9(10)15/h1-6,15H,7,13H2,(H,14,16). The number of rotatable bonds is 4. The molecule has 0 atom stereocenters. The molecule has 94 valence electrons.